The van der Waals surface area contributed by atoms with Gasteiger partial charge >= 0.3 is 5.97 Å². The van der Waals surface area contributed by atoms with Crippen LogP contribution in [0.25, 0.3) is 10.6 Å². The summed E-state index contributed by atoms with van der Waals surface area (Å²) in [6, 6.07) is 14.0. The number of esters is 1. The van der Waals surface area contributed by atoms with E-state index in [0.717, 1.165) is 16.1 Å². The van der Waals surface area contributed by atoms with Gasteiger partial charge in [0.15, 0.2) is 17.3 Å². The molecule has 25 heavy (non-hydrogen) atoms. The standard InChI is InChI=1S/C19H16FNO3S/c1-13-6-8-14(9-7-13)18-21-16(12-25-18)19(22)24-11-10-23-17-5-3-2-4-15(17)20/h2-9,12H,10-11H2,1H3. The second kappa shape index (κ2) is 7.90. The normalized spacial score (nSPS) is 10.5. The van der Waals surface area contributed by atoms with E-state index in [1.807, 2.05) is 31.2 Å². The van der Waals surface area contributed by atoms with Crippen molar-refractivity contribution in [3.63, 3.8) is 0 Å². The first-order chi connectivity index (χ1) is 12.1. The number of carbonyl (C=O) groups excluding carboxylic acids is 1. The Morgan fingerprint density at radius 2 is 1.88 bits per heavy atom. The van der Waals surface area contributed by atoms with Crippen molar-refractivity contribution in [1.82, 2.24) is 4.98 Å². The number of nitrogens with zero attached hydrogens (tertiary/aromatic N) is 1. The molecule has 0 radical (unpaired) electrons. The number of aryl methyl sites for hydroxylation is 1. The first-order valence-corrected chi connectivity index (χ1v) is 8.58. The van der Waals surface area contributed by atoms with Crippen LogP contribution in [0.4, 0.5) is 4.39 Å². The van der Waals surface area contributed by atoms with Crippen LogP contribution in [-0.2, 0) is 4.74 Å². The number of halogens is 1. The van der Waals surface area contributed by atoms with E-state index < -0.39 is 11.8 Å². The molecule has 4 nitrogen and oxygen atoms in total. The van der Waals surface area contributed by atoms with Gasteiger partial charge in [-0.3, -0.25) is 0 Å². The fourth-order valence-corrected chi connectivity index (χ4v) is 2.91. The van der Waals surface area contributed by atoms with Crippen LogP contribution in [0.3, 0.4) is 0 Å². The quantitative estimate of drug-likeness (QED) is 0.482. The minimum atomic E-state index is -0.522. The second-order valence-corrected chi connectivity index (χ2v) is 6.18. The van der Waals surface area contributed by atoms with Crippen LogP contribution in [0.15, 0.2) is 53.9 Å². The van der Waals surface area contributed by atoms with Gasteiger partial charge in [0.2, 0.25) is 0 Å². The summed E-state index contributed by atoms with van der Waals surface area (Å²) in [6.45, 7) is 2.10. The van der Waals surface area contributed by atoms with Gasteiger partial charge in [-0.15, -0.1) is 11.3 Å². The number of carbonyl (C=O) groups is 1. The van der Waals surface area contributed by atoms with Crippen molar-refractivity contribution < 1.29 is 18.7 Å². The Hall–Kier alpha value is -2.73. The molecule has 2 aromatic carbocycles. The molecule has 0 aliphatic heterocycles. The molecule has 128 valence electrons. The minimum Gasteiger partial charge on any atom is -0.487 e. The van der Waals surface area contributed by atoms with Gasteiger partial charge in [0.25, 0.3) is 0 Å². The summed E-state index contributed by atoms with van der Waals surface area (Å²) in [5, 5.41) is 2.42. The highest BCUT2D eigenvalue weighted by Gasteiger charge is 2.13. The fraction of sp³-hybridized carbons (Fsp3) is 0.158. The number of hydrogen-bond acceptors (Lipinski definition) is 5. The Labute approximate surface area is 148 Å². The number of ether oxygens (including phenoxy) is 2. The molecule has 0 saturated carbocycles. The van der Waals surface area contributed by atoms with E-state index in [0.29, 0.717) is 0 Å². The van der Waals surface area contributed by atoms with E-state index >= 15 is 0 Å². The third-order valence-electron chi connectivity index (χ3n) is 3.42. The van der Waals surface area contributed by atoms with E-state index in [-0.39, 0.29) is 24.7 Å². The fourth-order valence-electron chi connectivity index (χ4n) is 2.12. The molecule has 3 rings (SSSR count). The van der Waals surface area contributed by atoms with Crippen molar-refractivity contribution in [2.75, 3.05) is 13.2 Å². The second-order valence-electron chi connectivity index (χ2n) is 5.32. The molecule has 0 bridgehead atoms. The number of benzene rings is 2. The Kier molecular flexibility index (Phi) is 5.40. The van der Waals surface area contributed by atoms with E-state index in [2.05, 4.69) is 4.98 Å². The summed E-state index contributed by atoms with van der Waals surface area (Å²) in [7, 11) is 0. The smallest absolute Gasteiger partial charge is 0.357 e. The van der Waals surface area contributed by atoms with E-state index in [1.165, 1.54) is 23.5 Å². The Morgan fingerprint density at radius 1 is 1.12 bits per heavy atom. The lowest BCUT2D eigenvalue weighted by molar-refractivity contribution is 0.0442. The zero-order valence-corrected chi connectivity index (χ0v) is 14.4. The largest absolute Gasteiger partial charge is 0.487 e. The summed E-state index contributed by atoms with van der Waals surface area (Å²) in [5.74, 6) is -0.836. The molecule has 0 N–H and O–H groups in total. The van der Waals surface area contributed by atoms with Gasteiger partial charge in [-0.25, -0.2) is 14.2 Å². The molecule has 0 saturated heterocycles. The lowest BCUT2D eigenvalue weighted by atomic mass is 10.2. The maximum Gasteiger partial charge on any atom is 0.357 e. The zero-order chi connectivity index (χ0) is 17.6. The number of rotatable bonds is 6. The van der Waals surface area contributed by atoms with Crippen molar-refractivity contribution in [1.29, 1.82) is 0 Å². The van der Waals surface area contributed by atoms with Gasteiger partial charge in [0.05, 0.1) is 0 Å². The highest BCUT2D eigenvalue weighted by molar-refractivity contribution is 7.13. The summed E-state index contributed by atoms with van der Waals surface area (Å²) in [4.78, 5) is 16.3. The Bertz CT molecular complexity index is 861. The third kappa shape index (κ3) is 4.42. The highest BCUT2D eigenvalue weighted by Crippen LogP contribution is 2.24. The molecule has 0 atom stereocenters. The molecule has 0 aliphatic carbocycles. The molecule has 3 aromatic rings. The minimum absolute atomic E-state index is 0.0184. The average Bonchev–Trinajstić information content (AvgIpc) is 3.11. The molecular weight excluding hydrogens is 341 g/mol. The zero-order valence-electron chi connectivity index (χ0n) is 13.6. The van der Waals surface area contributed by atoms with Crippen LogP contribution in [0.2, 0.25) is 0 Å². The maximum absolute atomic E-state index is 13.4. The summed E-state index contributed by atoms with van der Waals surface area (Å²) in [5.41, 5.74) is 2.37. The van der Waals surface area contributed by atoms with Crippen molar-refractivity contribution in [3.8, 4) is 16.3 Å². The van der Waals surface area contributed by atoms with Gasteiger partial charge in [-0.1, -0.05) is 42.0 Å². The van der Waals surface area contributed by atoms with E-state index in [9.17, 15) is 9.18 Å². The summed E-state index contributed by atoms with van der Waals surface area (Å²) in [6.07, 6.45) is 0. The Morgan fingerprint density at radius 3 is 2.64 bits per heavy atom. The number of para-hydroxylation sites is 1. The molecule has 0 unspecified atom stereocenters. The number of aromatic nitrogens is 1. The first kappa shape index (κ1) is 17.1. The first-order valence-electron chi connectivity index (χ1n) is 7.70. The highest BCUT2D eigenvalue weighted by atomic mass is 32.1. The van der Waals surface area contributed by atoms with Crippen LogP contribution in [0.5, 0.6) is 5.75 Å². The molecule has 1 aromatic heterocycles. The van der Waals surface area contributed by atoms with Gasteiger partial charge in [-0.2, -0.15) is 0 Å². The lowest BCUT2D eigenvalue weighted by Crippen LogP contribution is -2.13. The van der Waals surface area contributed by atoms with Crippen molar-refractivity contribution >= 4 is 17.3 Å². The predicted molar refractivity (Wildman–Crippen MR) is 94.5 cm³/mol. The van der Waals surface area contributed by atoms with Gasteiger partial charge in [0.1, 0.15) is 18.2 Å². The predicted octanol–water partition coefficient (Wildman–Crippen LogP) is 4.49. The van der Waals surface area contributed by atoms with Crippen LogP contribution >= 0.6 is 11.3 Å². The molecule has 0 aliphatic rings. The monoisotopic (exact) mass is 357 g/mol. The summed E-state index contributed by atoms with van der Waals surface area (Å²) < 4.78 is 23.7. The van der Waals surface area contributed by atoms with Crippen LogP contribution in [-0.4, -0.2) is 24.2 Å². The number of hydrogen-bond donors (Lipinski definition) is 0. The van der Waals surface area contributed by atoms with Crippen LogP contribution in [0.1, 0.15) is 16.1 Å². The average molecular weight is 357 g/mol. The molecule has 1 heterocycles. The van der Waals surface area contributed by atoms with E-state index in [4.69, 9.17) is 9.47 Å². The summed E-state index contributed by atoms with van der Waals surface area (Å²) >= 11 is 1.38. The van der Waals surface area contributed by atoms with Crippen molar-refractivity contribution in [2.45, 2.75) is 6.92 Å². The van der Waals surface area contributed by atoms with Crippen molar-refractivity contribution in [3.05, 3.63) is 71.0 Å². The molecular formula is C19H16FNO3S. The number of thiazole rings is 1. The molecule has 0 amide bonds. The van der Waals surface area contributed by atoms with Gasteiger partial charge in [0, 0.05) is 10.9 Å². The van der Waals surface area contributed by atoms with Gasteiger partial charge in [-0.05, 0) is 19.1 Å². The van der Waals surface area contributed by atoms with Crippen molar-refractivity contribution in [2.24, 2.45) is 0 Å². The van der Waals surface area contributed by atoms with E-state index in [1.54, 1.807) is 17.5 Å². The molecule has 6 heteroatoms. The lowest BCUT2D eigenvalue weighted by Gasteiger charge is -2.07. The Balaban J connectivity index is 1.52. The molecule has 0 spiro atoms. The van der Waals surface area contributed by atoms with Gasteiger partial charge < -0.3 is 9.47 Å². The van der Waals surface area contributed by atoms with Crippen LogP contribution in [0, 0.1) is 12.7 Å². The van der Waals surface area contributed by atoms with Crippen LogP contribution < -0.4 is 4.74 Å². The SMILES string of the molecule is Cc1ccc(-c2nc(C(=O)OCCOc3ccccc3F)cs2)cc1. The topological polar surface area (TPSA) is 48.4 Å². The molecule has 0 fully saturated rings. The third-order valence-corrected chi connectivity index (χ3v) is 4.31. The maximum atomic E-state index is 13.4.